The van der Waals surface area contributed by atoms with Crippen molar-refractivity contribution in [2.45, 2.75) is 12.3 Å². The molecule has 9 nitrogen and oxygen atoms in total. The number of nitro benzene ring substituents is 1. The summed E-state index contributed by atoms with van der Waals surface area (Å²) >= 11 is 1.03. The monoisotopic (exact) mass is 438 g/mol. The minimum Gasteiger partial charge on any atom is -0.497 e. The topological polar surface area (TPSA) is 134 Å². The summed E-state index contributed by atoms with van der Waals surface area (Å²) in [7, 11) is 1.52. The van der Waals surface area contributed by atoms with E-state index in [0.29, 0.717) is 17.0 Å². The van der Waals surface area contributed by atoms with Gasteiger partial charge in [-0.2, -0.15) is 5.26 Å². The molecule has 31 heavy (non-hydrogen) atoms. The molecule has 1 atom stereocenters. The van der Waals surface area contributed by atoms with Crippen molar-refractivity contribution < 1.29 is 19.2 Å². The van der Waals surface area contributed by atoms with Crippen molar-refractivity contribution in [3.05, 3.63) is 74.8 Å². The lowest BCUT2D eigenvalue weighted by atomic mass is 9.87. The lowest BCUT2D eigenvalue weighted by molar-refractivity contribution is -0.384. The van der Waals surface area contributed by atoms with E-state index in [2.05, 4.69) is 16.7 Å². The summed E-state index contributed by atoms with van der Waals surface area (Å²) in [6, 6.07) is 14.8. The van der Waals surface area contributed by atoms with Gasteiger partial charge in [-0.05, 0) is 17.7 Å². The third kappa shape index (κ3) is 5.40. The molecule has 1 heterocycles. The molecule has 0 radical (unpaired) electrons. The van der Waals surface area contributed by atoms with Gasteiger partial charge in [-0.25, -0.2) is 0 Å². The van der Waals surface area contributed by atoms with Gasteiger partial charge in [-0.3, -0.25) is 19.7 Å². The molecule has 2 N–H and O–H groups in total. The number of carbonyl (C=O) groups excluding carboxylic acids is 2. The normalized spacial score (nSPS) is 15.6. The molecule has 1 aliphatic heterocycles. The SMILES string of the molecule is COc1cccc(NC(=O)CSC2=C(C#N)[C@H](c3cccc([N+](=O)[O-])c3)CC(=O)N2)c1. The Labute approximate surface area is 182 Å². The Balaban J connectivity index is 1.77. The fourth-order valence-corrected chi connectivity index (χ4v) is 3.99. The number of hydrogen-bond acceptors (Lipinski definition) is 7. The van der Waals surface area contributed by atoms with Gasteiger partial charge in [0.1, 0.15) is 5.75 Å². The van der Waals surface area contributed by atoms with Gasteiger partial charge in [0.2, 0.25) is 11.8 Å². The van der Waals surface area contributed by atoms with Crippen molar-refractivity contribution in [1.82, 2.24) is 5.32 Å². The van der Waals surface area contributed by atoms with Gasteiger partial charge in [0.15, 0.2) is 0 Å². The molecule has 0 unspecified atom stereocenters. The Kier molecular flexibility index (Phi) is 6.89. The second-order valence-corrected chi connectivity index (χ2v) is 7.57. The largest absolute Gasteiger partial charge is 0.497 e. The van der Waals surface area contributed by atoms with Gasteiger partial charge in [0.25, 0.3) is 5.69 Å². The highest BCUT2D eigenvalue weighted by Crippen LogP contribution is 2.37. The number of nitrogens with one attached hydrogen (secondary N) is 2. The van der Waals surface area contributed by atoms with Crippen molar-refractivity contribution >= 4 is 35.0 Å². The first-order valence-corrected chi connectivity index (χ1v) is 10.1. The molecule has 0 bridgehead atoms. The van der Waals surface area contributed by atoms with Gasteiger partial charge >= 0.3 is 0 Å². The number of anilines is 1. The van der Waals surface area contributed by atoms with E-state index in [1.807, 2.05) is 0 Å². The number of hydrogen-bond donors (Lipinski definition) is 2. The summed E-state index contributed by atoms with van der Waals surface area (Å²) in [6.07, 6.45) is -0.00979. The van der Waals surface area contributed by atoms with E-state index < -0.39 is 10.8 Å². The second kappa shape index (κ2) is 9.77. The number of rotatable bonds is 7. The fourth-order valence-electron chi connectivity index (χ4n) is 3.11. The van der Waals surface area contributed by atoms with E-state index >= 15 is 0 Å². The van der Waals surface area contributed by atoms with Crippen molar-refractivity contribution in [2.24, 2.45) is 0 Å². The fraction of sp³-hybridized carbons (Fsp3) is 0.190. The summed E-state index contributed by atoms with van der Waals surface area (Å²) in [5.41, 5.74) is 1.20. The summed E-state index contributed by atoms with van der Waals surface area (Å²) < 4.78 is 5.12. The molecule has 2 aromatic rings. The lowest BCUT2D eigenvalue weighted by Gasteiger charge is -2.24. The number of carbonyl (C=O) groups is 2. The molecular weight excluding hydrogens is 420 g/mol. The number of nitrogens with zero attached hydrogens (tertiary/aromatic N) is 2. The molecule has 10 heteroatoms. The Morgan fingerprint density at radius 2 is 2.13 bits per heavy atom. The van der Waals surface area contributed by atoms with E-state index in [1.54, 1.807) is 30.3 Å². The molecule has 0 fully saturated rings. The van der Waals surface area contributed by atoms with Gasteiger partial charge in [-0.1, -0.05) is 30.0 Å². The van der Waals surface area contributed by atoms with E-state index in [1.165, 1.54) is 25.3 Å². The lowest BCUT2D eigenvalue weighted by Crippen LogP contribution is -2.31. The number of methoxy groups -OCH3 is 1. The molecule has 0 saturated heterocycles. The maximum absolute atomic E-state index is 12.3. The van der Waals surface area contributed by atoms with E-state index in [4.69, 9.17) is 4.74 Å². The highest BCUT2D eigenvalue weighted by atomic mass is 32.2. The predicted molar refractivity (Wildman–Crippen MR) is 115 cm³/mol. The van der Waals surface area contributed by atoms with Crippen LogP contribution in [0.4, 0.5) is 11.4 Å². The van der Waals surface area contributed by atoms with Crippen LogP contribution in [0.3, 0.4) is 0 Å². The molecule has 0 aliphatic carbocycles. The Morgan fingerprint density at radius 3 is 2.84 bits per heavy atom. The quantitative estimate of drug-likeness (QED) is 0.500. The summed E-state index contributed by atoms with van der Waals surface area (Å²) in [5.74, 6) is -0.720. The Hall–Kier alpha value is -3.84. The highest BCUT2D eigenvalue weighted by Gasteiger charge is 2.30. The molecular formula is C21H18N4O5S. The third-order valence-corrected chi connectivity index (χ3v) is 5.56. The molecule has 0 saturated carbocycles. The minimum atomic E-state index is -0.623. The van der Waals surface area contributed by atoms with Crippen LogP contribution in [0.25, 0.3) is 0 Å². The third-order valence-electron chi connectivity index (χ3n) is 4.54. The van der Waals surface area contributed by atoms with Crippen LogP contribution < -0.4 is 15.4 Å². The van der Waals surface area contributed by atoms with Crippen molar-refractivity contribution in [1.29, 1.82) is 5.26 Å². The van der Waals surface area contributed by atoms with Gasteiger partial charge < -0.3 is 15.4 Å². The number of allylic oxidation sites excluding steroid dienone is 1. The average Bonchev–Trinajstić information content (AvgIpc) is 2.77. The predicted octanol–water partition coefficient (Wildman–Crippen LogP) is 3.31. The number of thioether (sulfide) groups is 1. The van der Waals surface area contributed by atoms with Crippen molar-refractivity contribution in [3.63, 3.8) is 0 Å². The number of nitro groups is 1. The number of amides is 2. The van der Waals surface area contributed by atoms with Crippen LogP contribution in [0.2, 0.25) is 0 Å². The first kappa shape index (κ1) is 21.9. The Bertz CT molecular complexity index is 1110. The van der Waals surface area contributed by atoms with Crippen LogP contribution >= 0.6 is 11.8 Å². The zero-order valence-corrected chi connectivity index (χ0v) is 17.3. The second-order valence-electron chi connectivity index (χ2n) is 6.58. The van der Waals surface area contributed by atoms with Crippen LogP contribution in [0.15, 0.2) is 59.1 Å². The zero-order valence-electron chi connectivity index (χ0n) is 16.5. The van der Waals surface area contributed by atoms with Gasteiger partial charge in [0, 0.05) is 36.2 Å². The first-order chi connectivity index (χ1) is 14.9. The minimum absolute atomic E-state index is 0.00979. The molecule has 3 rings (SSSR count). The van der Waals surface area contributed by atoms with Crippen LogP contribution in [0, 0.1) is 21.4 Å². The molecule has 158 valence electrons. The van der Waals surface area contributed by atoms with Crippen LogP contribution in [-0.2, 0) is 9.59 Å². The number of non-ortho nitro benzene ring substituents is 1. The number of nitriles is 1. The average molecular weight is 438 g/mol. The smallest absolute Gasteiger partial charge is 0.269 e. The van der Waals surface area contributed by atoms with E-state index in [9.17, 15) is 25.0 Å². The maximum Gasteiger partial charge on any atom is 0.269 e. The first-order valence-electron chi connectivity index (χ1n) is 9.16. The summed E-state index contributed by atoms with van der Waals surface area (Å²) in [5, 5.41) is 26.4. The zero-order chi connectivity index (χ0) is 22.4. The Morgan fingerprint density at radius 1 is 1.35 bits per heavy atom. The summed E-state index contributed by atoms with van der Waals surface area (Å²) in [6.45, 7) is 0. The highest BCUT2D eigenvalue weighted by molar-refractivity contribution is 8.03. The number of benzene rings is 2. The molecule has 0 spiro atoms. The molecule has 1 aliphatic rings. The van der Waals surface area contributed by atoms with Gasteiger partial charge in [0.05, 0.1) is 34.5 Å². The van der Waals surface area contributed by atoms with Crippen molar-refractivity contribution in [2.75, 3.05) is 18.2 Å². The van der Waals surface area contributed by atoms with Crippen LogP contribution in [-0.4, -0.2) is 29.6 Å². The van der Waals surface area contributed by atoms with Crippen LogP contribution in [0.1, 0.15) is 17.9 Å². The van der Waals surface area contributed by atoms with Crippen molar-refractivity contribution in [3.8, 4) is 11.8 Å². The molecule has 0 aromatic heterocycles. The number of ether oxygens (including phenoxy) is 1. The maximum atomic E-state index is 12.3. The van der Waals surface area contributed by atoms with E-state index in [0.717, 1.165) is 11.8 Å². The molecule has 2 amide bonds. The summed E-state index contributed by atoms with van der Waals surface area (Å²) in [4.78, 5) is 35.1. The van der Waals surface area contributed by atoms with Crippen LogP contribution in [0.5, 0.6) is 5.75 Å². The molecule has 2 aromatic carbocycles. The standard InChI is InChI=1S/C21H18N4O5S/c1-30-16-7-3-5-14(9-16)23-20(27)12-31-21-18(11-22)17(10-19(26)24-21)13-4-2-6-15(8-13)25(28)29/h2-9,17H,10,12H2,1H3,(H,23,27)(H,24,26)/t17-/m0/s1. The van der Waals surface area contributed by atoms with E-state index in [-0.39, 0.29) is 40.3 Å². The van der Waals surface area contributed by atoms with Gasteiger partial charge in [-0.15, -0.1) is 0 Å².